The third kappa shape index (κ3) is 3.45. The van der Waals surface area contributed by atoms with E-state index in [-0.39, 0.29) is 11.8 Å². The summed E-state index contributed by atoms with van der Waals surface area (Å²) in [5.74, 6) is 1.76. The first kappa shape index (κ1) is 21.0. The SMILES string of the molecule is CC1(C)[C@H]2CC[C@@H](CNC(=O)c3cccc4nc(C(=O)N5CCN(C=O)CC5)cn34)[C@H]1C2. The Bertz CT molecular complexity index is 1050. The van der Waals surface area contributed by atoms with E-state index in [0.29, 0.717) is 67.0 Å². The lowest BCUT2D eigenvalue weighted by atomic mass is 9.45. The minimum Gasteiger partial charge on any atom is -0.350 e. The molecule has 4 aliphatic rings. The minimum absolute atomic E-state index is 0.133. The van der Waals surface area contributed by atoms with Crippen LogP contribution in [0.2, 0.25) is 0 Å². The van der Waals surface area contributed by atoms with E-state index in [0.717, 1.165) is 12.3 Å². The third-order valence-electron chi connectivity index (χ3n) is 8.22. The lowest BCUT2D eigenvalue weighted by Gasteiger charge is -2.60. The third-order valence-corrected chi connectivity index (χ3v) is 8.22. The van der Waals surface area contributed by atoms with Gasteiger partial charge in [-0.15, -0.1) is 0 Å². The summed E-state index contributed by atoms with van der Waals surface area (Å²) in [5, 5.41) is 3.15. The summed E-state index contributed by atoms with van der Waals surface area (Å²) in [4.78, 5) is 44.7. The molecule has 3 amide bonds. The molecule has 3 saturated carbocycles. The van der Waals surface area contributed by atoms with E-state index >= 15 is 0 Å². The molecule has 1 saturated heterocycles. The molecule has 8 heteroatoms. The van der Waals surface area contributed by atoms with Crippen LogP contribution in [0, 0.1) is 23.2 Å². The van der Waals surface area contributed by atoms with Crippen molar-refractivity contribution >= 4 is 23.9 Å². The van der Waals surface area contributed by atoms with Crippen LogP contribution in [-0.2, 0) is 4.79 Å². The molecule has 4 fully saturated rings. The quantitative estimate of drug-likeness (QED) is 0.726. The predicted molar refractivity (Wildman–Crippen MR) is 119 cm³/mol. The van der Waals surface area contributed by atoms with Crippen LogP contribution in [-0.4, -0.2) is 70.1 Å². The fourth-order valence-corrected chi connectivity index (χ4v) is 6.01. The van der Waals surface area contributed by atoms with Crippen molar-refractivity contribution in [3.8, 4) is 0 Å². The maximum atomic E-state index is 13.0. The molecule has 1 N–H and O–H groups in total. The lowest BCUT2D eigenvalue weighted by molar-refractivity contribution is -0.119. The first-order chi connectivity index (χ1) is 15.4. The highest BCUT2D eigenvalue weighted by Crippen LogP contribution is 2.61. The van der Waals surface area contributed by atoms with Crippen LogP contribution in [0.1, 0.15) is 54.1 Å². The lowest BCUT2D eigenvalue weighted by Crippen LogP contribution is -2.54. The number of hydrogen-bond donors (Lipinski definition) is 1. The zero-order valence-electron chi connectivity index (χ0n) is 18.8. The Labute approximate surface area is 188 Å². The van der Waals surface area contributed by atoms with Crippen molar-refractivity contribution in [3.05, 3.63) is 35.8 Å². The molecule has 6 rings (SSSR count). The summed E-state index contributed by atoms with van der Waals surface area (Å²) in [7, 11) is 0. The predicted octanol–water partition coefficient (Wildman–Crippen LogP) is 2.05. The van der Waals surface area contributed by atoms with Gasteiger partial charge in [0.15, 0.2) is 0 Å². The van der Waals surface area contributed by atoms with E-state index < -0.39 is 0 Å². The Morgan fingerprint density at radius 2 is 1.97 bits per heavy atom. The van der Waals surface area contributed by atoms with Gasteiger partial charge in [0.05, 0.1) is 0 Å². The van der Waals surface area contributed by atoms with Crippen molar-refractivity contribution < 1.29 is 14.4 Å². The van der Waals surface area contributed by atoms with Crippen LogP contribution in [0.15, 0.2) is 24.4 Å². The largest absolute Gasteiger partial charge is 0.350 e. The molecule has 0 aromatic carbocycles. The number of fused-ring (bicyclic) bond motifs is 3. The number of rotatable bonds is 5. The number of nitrogens with one attached hydrogen (secondary N) is 1. The van der Waals surface area contributed by atoms with Crippen molar-refractivity contribution in [1.29, 1.82) is 0 Å². The van der Waals surface area contributed by atoms with Crippen molar-refractivity contribution in [3.63, 3.8) is 0 Å². The number of nitrogens with zero attached hydrogens (tertiary/aromatic N) is 4. The Morgan fingerprint density at radius 3 is 2.66 bits per heavy atom. The monoisotopic (exact) mass is 437 g/mol. The number of pyridine rings is 1. The van der Waals surface area contributed by atoms with Crippen molar-refractivity contribution in [2.75, 3.05) is 32.7 Å². The van der Waals surface area contributed by atoms with Crippen LogP contribution in [0.5, 0.6) is 0 Å². The summed E-state index contributed by atoms with van der Waals surface area (Å²) in [6, 6.07) is 5.37. The van der Waals surface area contributed by atoms with Crippen LogP contribution in [0.25, 0.3) is 5.65 Å². The minimum atomic E-state index is -0.172. The van der Waals surface area contributed by atoms with Gasteiger partial charge in [-0.1, -0.05) is 19.9 Å². The van der Waals surface area contributed by atoms with E-state index in [1.54, 1.807) is 38.6 Å². The fraction of sp³-hybridized carbons (Fsp3) is 0.583. The molecule has 2 bridgehead atoms. The number of carbonyl (C=O) groups excluding carboxylic acids is 3. The van der Waals surface area contributed by atoms with Gasteiger partial charge in [-0.3, -0.25) is 18.8 Å². The molecule has 32 heavy (non-hydrogen) atoms. The standard InChI is InChI=1S/C24H31N5O3/c1-24(2)17-7-6-16(18(24)12-17)13-25-22(31)20-4-3-5-21-26-19(14-29(20)21)23(32)28-10-8-27(15-30)9-11-28/h3-5,14-18H,6-13H2,1-2H3,(H,25,31)/t16-,17-,18+/m0/s1. The normalized spacial score (nSPS) is 26.5. The van der Waals surface area contributed by atoms with E-state index in [2.05, 4.69) is 24.1 Å². The molecule has 0 unspecified atom stereocenters. The van der Waals surface area contributed by atoms with E-state index in [9.17, 15) is 14.4 Å². The van der Waals surface area contributed by atoms with E-state index in [4.69, 9.17) is 0 Å². The molecule has 3 heterocycles. The molecule has 3 atom stereocenters. The molecule has 8 nitrogen and oxygen atoms in total. The van der Waals surface area contributed by atoms with Gasteiger partial charge in [0, 0.05) is 38.9 Å². The fourth-order valence-electron chi connectivity index (χ4n) is 6.01. The first-order valence-corrected chi connectivity index (χ1v) is 11.6. The second kappa shape index (κ2) is 7.90. The summed E-state index contributed by atoms with van der Waals surface area (Å²) in [6.45, 7) is 7.44. The van der Waals surface area contributed by atoms with Gasteiger partial charge >= 0.3 is 0 Å². The van der Waals surface area contributed by atoms with Gasteiger partial charge in [0.2, 0.25) is 6.41 Å². The average molecular weight is 438 g/mol. The summed E-state index contributed by atoms with van der Waals surface area (Å²) < 4.78 is 1.70. The van der Waals surface area contributed by atoms with Crippen molar-refractivity contribution in [2.45, 2.75) is 33.1 Å². The van der Waals surface area contributed by atoms with Gasteiger partial charge < -0.3 is 15.1 Å². The van der Waals surface area contributed by atoms with Crippen LogP contribution >= 0.6 is 0 Å². The van der Waals surface area contributed by atoms with Crippen molar-refractivity contribution in [2.24, 2.45) is 23.2 Å². The van der Waals surface area contributed by atoms with Gasteiger partial charge in [-0.2, -0.15) is 0 Å². The smallest absolute Gasteiger partial charge is 0.274 e. The summed E-state index contributed by atoms with van der Waals surface area (Å²) in [6.07, 6.45) is 6.20. The topological polar surface area (TPSA) is 87.0 Å². The highest BCUT2D eigenvalue weighted by Gasteiger charge is 2.53. The second-order valence-electron chi connectivity index (χ2n) is 10.1. The van der Waals surface area contributed by atoms with Crippen LogP contribution < -0.4 is 5.32 Å². The number of imidazole rings is 1. The van der Waals surface area contributed by atoms with Gasteiger partial charge in [-0.05, 0) is 54.6 Å². The van der Waals surface area contributed by atoms with E-state index in [1.165, 1.54) is 19.3 Å². The first-order valence-electron chi connectivity index (χ1n) is 11.6. The Kier molecular flexibility index (Phi) is 5.18. The zero-order chi connectivity index (χ0) is 22.5. The van der Waals surface area contributed by atoms with Gasteiger partial charge in [0.25, 0.3) is 11.8 Å². The molecule has 2 aromatic heterocycles. The molecule has 0 radical (unpaired) electrons. The Balaban J connectivity index is 1.28. The number of aromatic nitrogens is 2. The molecule has 1 aliphatic heterocycles. The van der Waals surface area contributed by atoms with Crippen molar-refractivity contribution in [1.82, 2.24) is 24.5 Å². The maximum Gasteiger partial charge on any atom is 0.274 e. The molecule has 3 aliphatic carbocycles. The number of carbonyl (C=O) groups is 3. The second-order valence-corrected chi connectivity index (χ2v) is 10.1. The number of amides is 3. The Hall–Kier alpha value is -2.90. The molecular weight excluding hydrogens is 406 g/mol. The molecule has 2 aromatic rings. The molecule has 170 valence electrons. The number of piperazine rings is 1. The summed E-state index contributed by atoms with van der Waals surface area (Å²) >= 11 is 0. The average Bonchev–Trinajstić information content (AvgIpc) is 3.26. The van der Waals surface area contributed by atoms with E-state index in [1.807, 2.05) is 0 Å². The Morgan fingerprint density at radius 1 is 1.19 bits per heavy atom. The summed E-state index contributed by atoms with van der Waals surface area (Å²) in [5.41, 5.74) is 1.78. The van der Waals surface area contributed by atoms with Crippen LogP contribution in [0.3, 0.4) is 0 Å². The molecular formula is C24H31N5O3. The maximum absolute atomic E-state index is 13.0. The van der Waals surface area contributed by atoms with Gasteiger partial charge in [-0.25, -0.2) is 4.98 Å². The van der Waals surface area contributed by atoms with Gasteiger partial charge in [0.1, 0.15) is 17.0 Å². The van der Waals surface area contributed by atoms with Crippen LogP contribution in [0.4, 0.5) is 0 Å². The zero-order valence-corrected chi connectivity index (χ0v) is 18.8. The highest BCUT2D eigenvalue weighted by atomic mass is 16.2. The number of hydrogen-bond acceptors (Lipinski definition) is 4. The highest BCUT2D eigenvalue weighted by molar-refractivity contribution is 5.95. The molecule has 0 spiro atoms.